The van der Waals surface area contributed by atoms with Gasteiger partial charge in [-0.1, -0.05) is 47.5 Å². The number of aromatic nitrogens is 2. The third-order valence-electron chi connectivity index (χ3n) is 5.37. The number of pyridine rings is 2. The summed E-state index contributed by atoms with van der Waals surface area (Å²) >= 11 is 0. The number of aryl methyl sites for hydroxylation is 2. The minimum atomic E-state index is 1.18. The zero-order valence-electron chi connectivity index (χ0n) is 16.0. The number of hydrogen-bond acceptors (Lipinski definition) is 2. The van der Waals surface area contributed by atoms with E-state index in [4.69, 9.17) is 0 Å². The van der Waals surface area contributed by atoms with E-state index in [1.165, 1.54) is 54.9 Å². The van der Waals surface area contributed by atoms with Crippen molar-refractivity contribution in [2.45, 2.75) is 13.8 Å². The molecule has 0 radical (unpaired) electrons. The first-order chi connectivity index (χ1) is 13.7. The number of benzene rings is 3. The Morgan fingerprint density at radius 3 is 1.25 bits per heavy atom. The second-order valence-electron chi connectivity index (χ2n) is 7.32. The minimum absolute atomic E-state index is 1.18. The van der Waals surface area contributed by atoms with Crippen LogP contribution >= 0.6 is 0 Å². The van der Waals surface area contributed by atoms with Crippen molar-refractivity contribution in [2.24, 2.45) is 0 Å². The van der Waals surface area contributed by atoms with Crippen molar-refractivity contribution in [2.75, 3.05) is 0 Å². The summed E-state index contributed by atoms with van der Waals surface area (Å²) in [5.41, 5.74) is 7.40. The van der Waals surface area contributed by atoms with Crippen molar-refractivity contribution in [3.8, 4) is 22.3 Å². The van der Waals surface area contributed by atoms with Gasteiger partial charge in [0.25, 0.3) is 0 Å². The molecular weight excluding hydrogens is 340 g/mol. The standard InChI is InChI=1S/C26H20N2/c1-17-3-5-21-23(15-17)24-16-18(2)4-6-22(24)26(20-9-13-28-14-10-20)25(21)19-7-11-27-12-8-19/h3-16H,1-2H3. The summed E-state index contributed by atoms with van der Waals surface area (Å²) in [6, 6.07) is 21.9. The Bertz CT molecular complexity index is 1200. The van der Waals surface area contributed by atoms with Crippen LogP contribution in [0.2, 0.25) is 0 Å². The van der Waals surface area contributed by atoms with E-state index in [0.29, 0.717) is 0 Å². The van der Waals surface area contributed by atoms with Gasteiger partial charge in [-0.3, -0.25) is 9.97 Å². The summed E-state index contributed by atoms with van der Waals surface area (Å²) in [7, 11) is 0. The van der Waals surface area contributed by atoms with Gasteiger partial charge in [-0.05, 0) is 81.9 Å². The van der Waals surface area contributed by atoms with Crippen LogP contribution in [0.15, 0.2) is 85.5 Å². The number of hydrogen-bond donors (Lipinski definition) is 0. The maximum Gasteiger partial charge on any atom is 0.0273 e. The number of rotatable bonds is 2. The highest BCUT2D eigenvalue weighted by Crippen LogP contribution is 2.44. The zero-order valence-corrected chi connectivity index (χ0v) is 16.0. The second kappa shape index (κ2) is 6.58. The first-order valence-corrected chi connectivity index (χ1v) is 9.50. The third kappa shape index (κ3) is 2.66. The van der Waals surface area contributed by atoms with E-state index in [-0.39, 0.29) is 0 Å². The SMILES string of the molecule is Cc1ccc2c(-c3ccncc3)c(-c3ccncc3)c3ccc(C)cc3c2c1. The average molecular weight is 360 g/mol. The Morgan fingerprint density at radius 1 is 0.464 bits per heavy atom. The normalized spacial score (nSPS) is 11.2. The van der Waals surface area contributed by atoms with E-state index < -0.39 is 0 Å². The molecular formula is C26H20N2. The molecule has 0 N–H and O–H groups in total. The Labute approximate surface area is 164 Å². The van der Waals surface area contributed by atoms with Gasteiger partial charge in [-0.25, -0.2) is 0 Å². The van der Waals surface area contributed by atoms with Crippen molar-refractivity contribution in [3.63, 3.8) is 0 Å². The van der Waals surface area contributed by atoms with Gasteiger partial charge in [-0.15, -0.1) is 0 Å². The molecule has 0 aliphatic rings. The molecule has 5 rings (SSSR count). The summed E-state index contributed by atoms with van der Waals surface area (Å²) in [6.45, 7) is 4.31. The predicted molar refractivity (Wildman–Crippen MR) is 117 cm³/mol. The fourth-order valence-electron chi connectivity index (χ4n) is 4.10. The van der Waals surface area contributed by atoms with Crippen LogP contribution in [-0.4, -0.2) is 9.97 Å². The largest absolute Gasteiger partial charge is 0.265 e. The molecule has 3 aromatic carbocycles. The van der Waals surface area contributed by atoms with Crippen LogP contribution < -0.4 is 0 Å². The maximum atomic E-state index is 4.23. The van der Waals surface area contributed by atoms with Gasteiger partial charge in [-0.2, -0.15) is 0 Å². The molecule has 28 heavy (non-hydrogen) atoms. The quantitative estimate of drug-likeness (QED) is 0.326. The topological polar surface area (TPSA) is 25.8 Å². The lowest BCUT2D eigenvalue weighted by Crippen LogP contribution is -1.93. The van der Waals surface area contributed by atoms with Gasteiger partial charge in [0.1, 0.15) is 0 Å². The van der Waals surface area contributed by atoms with Crippen LogP contribution in [0.1, 0.15) is 11.1 Å². The molecule has 2 heteroatoms. The smallest absolute Gasteiger partial charge is 0.0273 e. The van der Waals surface area contributed by atoms with Crippen molar-refractivity contribution in [1.82, 2.24) is 9.97 Å². The van der Waals surface area contributed by atoms with Crippen molar-refractivity contribution in [1.29, 1.82) is 0 Å². The third-order valence-corrected chi connectivity index (χ3v) is 5.37. The zero-order chi connectivity index (χ0) is 19.1. The van der Waals surface area contributed by atoms with E-state index in [1.807, 2.05) is 24.8 Å². The lowest BCUT2D eigenvalue weighted by molar-refractivity contribution is 1.33. The Morgan fingerprint density at radius 2 is 0.857 bits per heavy atom. The highest BCUT2D eigenvalue weighted by Gasteiger charge is 2.17. The van der Waals surface area contributed by atoms with Gasteiger partial charge in [0.15, 0.2) is 0 Å². The Kier molecular flexibility index (Phi) is 3.91. The number of nitrogens with zero attached hydrogens (tertiary/aromatic N) is 2. The summed E-state index contributed by atoms with van der Waals surface area (Å²) in [4.78, 5) is 8.46. The van der Waals surface area contributed by atoms with Crippen LogP contribution in [0.3, 0.4) is 0 Å². The highest BCUT2D eigenvalue weighted by molar-refractivity contribution is 6.21. The summed E-state index contributed by atoms with van der Waals surface area (Å²) in [6.07, 6.45) is 7.46. The summed E-state index contributed by atoms with van der Waals surface area (Å²) < 4.78 is 0. The monoisotopic (exact) mass is 360 g/mol. The van der Waals surface area contributed by atoms with Crippen LogP contribution in [0.25, 0.3) is 43.8 Å². The van der Waals surface area contributed by atoms with E-state index >= 15 is 0 Å². The molecule has 134 valence electrons. The molecule has 0 saturated heterocycles. The first-order valence-electron chi connectivity index (χ1n) is 9.50. The van der Waals surface area contributed by atoms with Gasteiger partial charge >= 0.3 is 0 Å². The average Bonchev–Trinajstić information content (AvgIpc) is 2.74. The fraction of sp³-hybridized carbons (Fsp3) is 0.0769. The Hall–Kier alpha value is -3.52. The maximum absolute atomic E-state index is 4.23. The van der Waals surface area contributed by atoms with E-state index in [2.05, 4.69) is 84.5 Å². The van der Waals surface area contributed by atoms with Crippen molar-refractivity contribution in [3.05, 3.63) is 96.6 Å². The lowest BCUT2D eigenvalue weighted by Gasteiger charge is -2.19. The molecule has 0 atom stereocenters. The van der Waals surface area contributed by atoms with Crippen LogP contribution in [-0.2, 0) is 0 Å². The van der Waals surface area contributed by atoms with E-state index in [1.54, 1.807) is 0 Å². The molecule has 0 aliphatic carbocycles. The molecule has 0 saturated carbocycles. The Balaban J connectivity index is 2.07. The summed E-state index contributed by atoms with van der Waals surface area (Å²) in [5.74, 6) is 0. The minimum Gasteiger partial charge on any atom is -0.265 e. The van der Waals surface area contributed by atoms with Crippen LogP contribution in [0.4, 0.5) is 0 Å². The molecule has 0 bridgehead atoms. The molecule has 0 aliphatic heterocycles. The van der Waals surface area contributed by atoms with E-state index in [9.17, 15) is 0 Å². The van der Waals surface area contributed by atoms with Crippen molar-refractivity contribution < 1.29 is 0 Å². The van der Waals surface area contributed by atoms with Gasteiger partial charge in [0, 0.05) is 24.8 Å². The molecule has 5 aromatic rings. The summed E-state index contributed by atoms with van der Waals surface area (Å²) in [5, 5.41) is 5.12. The second-order valence-corrected chi connectivity index (χ2v) is 7.32. The van der Waals surface area contributed by atoms with Crippen LogP contribution in [0, 0.1) is 13.8 Å². The van der Waals surface area contributed by atoms with Crippen LogP contribution in [0.5, 0.6) is 0 Å². The first kappa shape index (κ1) is 16.6. The fourth-order valence-corrected chi connectivity index (χ4v) is 4.10. The molecule has 2 heterocycles. The molecule has 0 fully saturated rings. The molecule has 2 aromatic heterocycles. The van der Waals surface area contributed by atoms with Crippen molar-refractivity contribution >= 4 is 21.5 Å². The highest BCUT2D eigenvalue weighted by atomic mass is 14.6. The van der Waals surface area contributed by atoms with E-state index in [0.717, 1.165) is 0 Å². The lowest BCUT2D eigenvalue weighted by atomic mass is 9.84. The predicted octanol–water partition coefficient (Wildman–Crippen LogP) is 6.73. The van der Waals surface area contributed by atoms with Gasteiger partial charge < -0.3 is 0 Å². The number of fused-ring (bicyclic) bond motifs is 3. The van der Waals surface area contributed by atoms with Gasteiger partial charge in [0.2, 0.25) is 0 Å². The molecule has 0 amide bonds. The molecule has 2 nitrogen and oxygen atoms in total. The molecule has 0 spiro atoms. The molecule has 0 unspecified atom stereocenters. The van der Waals surface area contributed by atoms with Gasteiger partial charge in [0.05, 0.1) is 0 Å².